The van der Waals surface area contributed by atoms with E-state index in [1.807, 2.05) is 25.5 Å². The van der Waals surface area contributed by atoms with Gasteiger partial charge < -0.3 is 11.1 Å². The molecule has 3 N–H and O–H groups in total. The second kappa shape index (κ2) is 5.31. The average Bonchev–Trinajstić information content (AvgIpc) is 2.55. The van der Waals surface area contributed by atoms with Crippen molar-refractivity contribution in [2.24, 2.45) is 5.73 Å². The zero-order chi connectivity index (χ0) is 13.2. The van der Waals surface area contributed by atoms with Gasteiger partial charge in [-0.15, -0.1) is 0 Å². The van der Waals surface area contributed by atoms with Gasteiger partial charge in [-0.3, -0.25) is 9.48 Å². The van der Waals surface area contributed by atoms with Crippen LogP contribution in [0.15, 0.2) is 0 Å². The van der Waals surface area contributed by atoms with Crippen molar-refractivity contribution in [3.05, 3.63) is 11.4 Å². The Labute approximate surface area is 102 Å². The van der Waals surface area contributed by atoms with Crippen LogP contribution in [0, 0.1) is 13.8 Å². The molecule has 1 aromatic rings. The number of nitrogens with one attached hydrogen (secondary N) is 1. The predicted octanol–water partition coefficient (Wildman–Crippen LogP) is 1.76. The lowest BCUT2D eigenvalue weighted by atomic mass is 10.2. The van der Waals surface area contributed by atoms with Crippen LogP contribution in [0.4, 0.5) is 5.69 Å². The Bertz CT molecular complexity index is 409. The van der Waals surface area contributed by atoms with Crippen LogP contribution in [-0.2, 0) is 4.79 Å². The number of rotatable bonds is 4. The number of aromatic nitrogens is 2. The zero-order valence-electron chi connectivity index (χ0n) is 11.2. The normalized spacial score (nSPS) is 12.9. The Morgan fingerprint density at radius 3 is 2.47 bits per heavy atom. The van der Waals surface area contributed by atoms with Gasteiger partial charge in [-0.2, -0.15) is 5.10 Å². The summed E-state index contributed by atoms with van der Waals surface area (Å²) in [6.07, 6.45) is 0.627. The first-order chi connectivity index (χ1) is 7.88. The molecule has 1 atom stereocenters. The number of nitrogens with two attached hydrogens (primary N) is 1. The molecule has 1 aromatic heterocycles. The molecule has 96 valence electrons. The number of hydrogen-bond donors (Lipinski definition) is 2. The van der Waals surface area contributed by atoms with Crippen molar-refractivity contribution < 1.29 is 4.79 Å². The molecule has 1 rings (SSSR count). The SMILES string of the molecule is CC[C@@H](N)C(=O)Nc1c(C)nn(C(C)C)c1C. The molecule has 5 heteroatoms. The minimum absolute atomic E-state index is 0.151. The summed E-state index contributed by atoms with van der Waals surface area (Å²) in [6, 6.07) is -0.185. The van der Waals surface area contributed by atoms with Gasteiger partial charge in [-0.25, -0.2) is 0 Å². The van der Waals surface area contributed by atoms with E-state index in [0.717, 1.165) is 17.1 Å². The third-order valence-corrected chi connectivity index (χ3v) is 2.84. The Balaban J connectivity index is 2.96. The third-order valence-electron chi connectivity index (χ3n) is 2.84. The van der Waals surface area contributed by atoms with E-state index < -0.39 is 6.04 Å². The van der Waals surface area contributed by atoms with E-state index >= 15 is 0 Å². The lowest BCUT2D eigenvalue weighted by molar-refractivity contribution is -0.117. The number of amides is 1. The summed E-state index contributed by atoms with van der Waals surface area (Å²) in [5.41, 5.74) is 8.27. The fourth-order valence-electron chi connectivity index (χ4n) is 1.75. The highest BCUT2D eigenvalue weighted by molar-refractivity contribution is 5.95. The summed E-state index contributed by atoms with van der Waals surface area (Å²) >= 11 is 0. The highest BCUT2D eigenvalue weighted by Crippen LogP contribution is 2.22. The Kier molecular flexibility index (Phi) is 4.28. The number of carbonyl (C=O) groups is 1. The van der Waals surface area contributed by atoms with Gasteiger partial charge in [0.25, 0.3) is 0 Å². The van der Waals surface area contributed by atoms with Gasteiger partial charge in [0.1, 0.15) is 0 Å². The van der Waals surface area contributed by atoms with Gasteiger partial charge >= 0.3 is 0 Å². The third kappa shape index (κ3) is 2.85. The quantitative estimate of drug-likeness (QED) is 0.839. The second-order valence-electron chi connectivity index (χ2n) is 4.59. The topological polar surface area (TPSA) is 72.9 Å². The van der Waals surface area contributed by atoms with Crippen molar-refractivity contribution in [3.8, 4) is 0 Å². The van der Waals surface area contributed by atoms with Gasteiger partial charge in [0, 0.05) is 6.04 Å². The van der Waals surface area contributed by atoms with E-state index in [1.54, 1.807) is 0 Å². The summed E-state index contributed by atoms with van der Waals surface area (Å²) in [5.74, 6) is -0.151. The first-order valence-corrected chi connectivity index (χ1v) is 6.00. The molecule has 1 amide bonds. The molecule has 0 bridgehead atoms. The summed E-state index contributed by atoms with van der Waals surface area (Å²) in [4.78, 5) is 11.8. The van der Waals surface area contributed by atoms with Crippen LogP contribution in [0.1, 0.15) is 44.6 Å². The standard InChI is InChI=1S/C12H22N4O/c1-6-10(13)12(17)14-11-8(4)15-16(7(2)3)9(11)5/h7,10H,6,13H2,1-5H3,(H,14,17)/t10-/m1/s1. The minimum atomic E-state index is -0.462. The molecule has 0 aliphatic heterocycles. The molecule has 0 fully saturated rings. The Morgan fingerprint density at radius 1 is 1.47 bits per heavy atom. The summed E-state index contributed by atoms with van der Waals surface area (Å²) in [5, 5.41) is 7.27. The van der Waals surface area contributed by atoms with E-state index in [0.29, 0.717) is 6.42 Å². The van der Waals surface area contributed by atoms with Gasteiger partial charge in [0.15, 0.2) is 0 Å². The monoisotopic (exact) mass is 238 g/mol. The van der Waals surface area contributed by atoms with Crippen LogP contribution in [0.25, 0.3) is 0 Å². The summed E-state index contributed by atoms with van der Waals surface area (Å²) in [7, 11) is 0. The molecule has 0 aromatic carbocycles. The maximum atomic E-state index is 11.8. The van der Waals surface area contributed by atoms with E-state index in [4.69, 9.17) is 5.73 Å². The number of carbonyl (C=O) groups excluding carboxylic acids is 1. The number of aryl methyl sites for hydroxylation is 1. The van der Waals surface area contributed by atoms with Gasteiger partial charge in [-0.1, -0.05) is 6.92 Å². The lowest BCUT2D eigenvalue weighted by Crippen LogP contribution is -2.35. The van der Waals surface area contributed by atoms with Crippen molar-refractivity contribution in [2.45, 2.75) is 53.1 Å². The fourth-order valence-corrected chi connectivity index (χ4v) is 1.75. The smallest absolute Gasteiger partial charge is 0.241 e. The first kappa shape index (κ1) is 13.7. The van der Waals surface area contributed by atoms with Crippen molar-refractivity contribution in [3.63, 3.8) is 0 Å². The minimum Gasteiger partial charge on any atom is -0.322 e. The van der Waals surface area contributed by atoms with Crippen molar-refractivity contribution in [2.75, 3.05) is 5.32 Å². The largest absolute Gasteiger partial charge is 0.322 e. The van der Waals surface area contributed by atoms with E-state index in [1.165, 1.54) is 0 Å². The predicted molar refractivity (Wildman–Crippen MR) is 69.0 cm³/mol. The maximum Gasteiger partial charge on any atom is 0.241 e. The molecule has 0 aliphatic carbocycles. The molecule has 0 unspecified atom stereocenters. The van der Waals surface area contributed by atoms with Crippen LogP contribution in [0.5, 0.6) is 0 Å². The number of anilines is 1. The van der Waals surface area contributed by atoms with Crippen LogP contribution in [-0.4, -0.2) is 21.7 Å². The maximum absolute atomic E-state index is 11.8. The van der Waals surface area contributed by atoms with Crippen LogP contribution in [0.2, 0.25) is 0 Å². The highest BCUT2D eigenvalue weighted by atomic mass is 16.2. The van der Waals surface area contributed by atoms with Crippen LogP contribution < -0.4 is 11.1 Å². The molecule has 1 heterocycles. The van der Waals surface area contributed by atoms with Crippen LogP contribution in [0.3, 0.4) is 0 Å². The molecule has 0 radical (unpaired) electrons. The van der Waals surface area contributed by atoms with E-state index in [9.17, 15) is 4.79 Å². The van der Waals surface area contributed by atoms with Crippen LogP contribution >= 0.6 is 0 Å². The molecule has 0 saturated heterocycles. The summed E-state index contributed by atoms with van der Waals surface area (Å²) < 4.78 is 1.91. The molecule has 0 saturated carbocycles. The number of nitrogens with zero attached hydrogens (tertiary/aromatic N) is 2. The fraction of sp³-hybridized carbons (Fsp3) is 0.667. The summed E-state index contributed by atoms with van der Waals surface area (Å²) in [6.45, 7) is 9.85. The highest BCUT2D eigenvalue weighted by Gasteiger charge is 2.18. The molecule has 0 aliphatic rings. The number of hydrogen-bond acceptors (Lipinski definition) is 3. The van der Waals surface area contributed by atoms with Gasteiger partial charge in [-0.05, 0) is 34.1 Å². The molecule has 0 spiro atoms. The van der Waals surface area contributed by atoms with Crippen molar-refractivity contribution in [1.82, 2.24) is 9.78 Å². The molecular weight excluding hydrogens is 216 g/mol. The van der Waals surface area contributed by atoms with Crippen molar-refractivity contribution in [1.29, 1.82) is 0 Å². The second-order valence-corrected chi connectivity index (χ2v) is 4.59. The lowest BCUT2D eigenvalue weighted by Gasteiger charge is -2.11. The Morgan fingerprint density at radius 2 is 2.06 bits per heavy atom. The van der Waals surface area contributed by atoms with Gasteiger partial charge in [0.05, 0.1) is 23.1 Å². The first-order valence-electron chi connectivity index (χ1n) is 6.00. The van der Waals surface area contributed by atoms with Crippen molar-refractivity contribution >= 4 is 11.6 Å². The Hall–Kier alpha value is -1.36. The van der Waals surface area contributed by atoms with E-state index in [-0.39, 0.29) is 11.9 Å². The van der Waals surface area contributed by atoms with Gasteiger partial charge in [0.2, 0.25) is 5.91 Å². The van der Waals surface area contributed by atoms with E-state index in [2.05, 4.69) is 24.3 Å². The molecule has 17 heavy (non-hydrogen) atoms. The molecular formula is C12H22N4O. The zero-order valence-corrected chi connectivity index (χ0v) is 11.2. The average molecular weight is 238 g/mol. The molecule has 5 nitrogen and oxygen atoms in total.